The minimum absolute atomic E-state index is 0.112. The van der Waals surface area contributed by atoms with E-state index in [0.29, 0.717) is 42.9 Å². The molecule has 0 saturated heterocycles. The predicted octanol–water partition coefficient (Wildman–Crippen LogP) is 6.38. The third kappa shape index (κ3) is 7.41. The van der Waals surface area contributed by atoms with E-state index in [1.807, 2.05) is 49.3 Å². The minimum atomic E-state index is -0.862. The van der Waals surface area contributed by atoms with Gasteiger partial charge in [0.15, 0.2) is 0 Å². The summed E-state index contributed by atoms with van der Waals surface area (Å²) in [5.74, 6) is -0.462. The highest BCUT2D eigenvalue weighted by molar-refractivity contribution is 8.00. The van der Waals surface area contributed by atoms with Crippen LogP contribution in [-0.2, 0) is 4.79 Å². The Morgan fingerprint density at radius 3 is 2.21 bits per heavy atom. The number of hydrogen-bond acceptors (Lipinski definition) is 7. The molecule has 0 radical (unpaired) electrons. The Labute approximate surface area is 237 Å². The SMILES string of the molecule is CCCCC1(CCCC)[C@H](O)[C@H](c2ccc(OCCCCC(=O)O)cc2)c2cc(N(C)C)cc(O)c2S[C@@H]1O. The van der Waals surface area contributed by atoms with Crippen molar-refractivity contribution in [1.82, 2.24) is 0 Å². The number of ether oxygens (including phenoxy) is 1. The molecular formula is C31H45NO6S. The lowest BCUT2D eigenvalue weighted by Crippen LogP contribution is -2.46. The van der Waals surface area contributed by atoms with E-state index in [2.05, 4.69) is 13.8 Å². The molecule has 0 saturated carbocycles. The van der Waals surface area contributed by atoms with Crippen LogP contribution in [0.4, 0.5) is 5.69 Å². The number of aromatic hydroxyl groups is 1. The summed E-state index contributed by atoms with van der Waals surface area (Å²) in [4.78, 5) is 13.3. The first-order valence-corrected chi connectivity index (χ1v) is 15.0. The molecule has 216 valence electrons. The van der Waals surface area contributed by atoms with Gasteiger partial charge in [0.25, 0.3) is 0 Å². The molecule has 0 fully saturated rings. The van der Waals surface area contributed by atoms with Crippen molar-refractivity contribution in [3.05, 3.63) is 47.5 Å². The fraction of sp³-hybridized carbons (Fsp3) is 0.581. The van der Waals surface area contributed by atoms with E-state index in [9.17, 15) is 20.1 Å². The number of benzene rings is 2. The summed E-state index contributed by atoms with van der Waals surface area (Å²) >= 11 is 1.27. The molecule has 8 heteroatoms. The number of fused-ring (bicyclic) bond motifs is 1. The van der Waals surface area contributed by atoms with Gasteiger partial charge < -0.3 is 30.1 Å². The lowest BCUT2D eigenvalue weighted by Gasteiger charge is -2.43. The number of rotatable bonds is 14. The normalized spacial score (nSPS) is 20.2. The largest absolute Gasteiger partial charge is 0.507 e. The number of aliphatic hydroxyl groups excluding tert-OH is 2. The van der Waals surface area contributed by atoms with Crippen molar-refractivity contribution < 1.29 is 30.0 Å². The van der Waals surface area contributed by atoms with Crippen molar-refractivity contribution in [1.29, 1.82) is 0 Å². The van der Waals surface area contributed by atoms with Gasteiger partial charge in [0.1, 0.15) is 16.9 Å². The summed E-state index contributed by atoms with van der Waals surface area (Å²) in [7, 11) is 3.83. The van der Waals surface area contributed by atoms with Crippen molar-refractivity contribution in [3.63, 3.8) is 0 Å². The van der Waals surface area contributed by atoms with Gasteiger partial charge in [-0.25, -0.2) is 0 Å². The zero-order chi connectivity index (χ0) is 28.6. The van der Waals surface area contributed by atoms with Gasteiger partial charge >= 0.3 is 5.97 Å². The maximum absolute atomic E-state index is 12.3. The Kier molecular flexibility index (Phi) is 11.4. The number of unbranched alkanes of at least 4 members (excludes halogenated alkanes) is 3. The molecule has 0 spiro atoms. The summed E-state index contributed by atoms with van der Waals surface area (Å²) in [6.07, 6.45) is 5.59. The number of carboxylic acid groups (broad SMARTS) is 1. The molecule has 1 heterocycles. The number of phenolic OH excluding ortho intramolecular Hbond substituents is 1. The Hall–Kier alpha value is -2.42. The first-order chi connectivity index (χ1) is 18.6. The molecule has 0 amide bonds. The smallest absolute Gasteiger partial charge is 0.303 e. The molecule has 0 bridgehead atoms. The Balaban J connectivity index is 2.04. The van der Waals surface area contributed by atoms with Crippen molar-refractivity contribution in [2.45, 2.75) is 94.0 Å². The van der Waals surface area contributed by atoms with E-state index in [0.717, 1.165) is 42.5 Å². The summed E-state index contributed by atoms with van der Waals surface area (Å²) < 4.78 is 5.84. The second-order valence-corrected chi connectivity index (χ2v) is 12.0. The monoisotopic (exact) mass is 559 g/mol. The molecule has 0 aromatic heterocycles. The lowest BCUT2D eigenvalue weighted by atomic mass is 9.67. The topological polar surface area (TPSA) is 110 Å². The zero-order valence-electron chi connectivity index (χ0n) is 23.7. The van der Waals surface area contributed by atoms with Crippen molar-refractivity contribution in [2.75, 3.05) is 25.6 Å². The van der Waals surface area contributed by atoms with E-state index in [-0.39, 0.29) is 12.2 Å². The lowest BCUT2D eigenvalue weighted by molar-refractivity contribution is -0.137. The molecule has 0 unspecified atom stereocenters. The van der Waals surface area contributed by atoms with Gasteiger partial charge in [-0.3, -0.25) is 4.79 Å². The van der Waals surface area contributed by atoms with Crippen LogP contribution >= 0.6 is 11.8 Å². The molecule has 3 rings (SSSR count). The van der Waals surface area contributed by atoms with Crippen LogP contribution in [0.3, 0.4) is 0 Å². The van der Waals surface area contributed by atoms with E-state index in [4.69, 9.17) is 9.84 Å². The van der Waals surface area contributed by atoms with Crippen LogP contribution in [-0.4, -0.2) is 58.6 Å². The van der Waals surface area contributed by atoms with Crippen molar-refractivity contribution >= 4 is 23.4 Å². The number of thioether (sulfide) groups is 1. The van der Waals surface area contributed by atoms with Crippen LogP contribution in [0.1, 0.15) is 88.7 Å². The van der Waals surface area contributed by atoms with E-state index < -0.39 is 28.8 Å². The number of hydrogen-bond donors (Lipinski definition) is 4. The minimum Gasteiger partial charge on any atom is -0.507 e. The van der Waals surface area contributed by atoms with Gasteiger partial charge in [-0.1, -0.05) is 63.4 Å². The molecule has 3 atom stereocenters. The number of aliphatic carboxylic acids is 1. The van der Waals surface area contributed by atoms with E-state index in [1.54, 1.807) is 6.07 Å². The van der Waals surface area contributed by atoms with Gasteiger partial charge in [-0.2, -0.15) is 0 Å². The number of carbonyl (C=O) groups is 1. The molecule has 2 aromatic rings. The predicted molar refractivity (Wildman–Crippen MR) is 157 cm³/mol. The fourth-order valence-corrected chi connectivity index (χ4v) is 6.83. The van der Waals surface area contributed by atoms with Crippen LogP contribution < -0.4 is 9.64 Å². The molecule has 1 aliphatic rings. The van der Waals surface area contributed by atoms with Crippen molar-refractivity contribution in [3.8, 4) is 11.5 Å². The van der Waals surface area contributed by atoms with Gasteiger partial charge in [0, 0.05) is 43.6 Å². The highest BCUT2D eigenvalue weighted by atomic mass is 32.2. The quantitative estimate of drug-likeness (QED) is 0.198. The Bertz CT molecular complexity index is 1070. The number of nitrogens with zero attached hydrogens (tertiary/aromatic N) is 1. The van der Waals surface area contributed by atoms with E-state index in [1.165, 1.54) is 11.8 Å². The summed E-state index contributed by atoms with van der Waals surface area (Å²) in [5.41, 5.74) is 0.940. The second-order valence-electron chi connectivity index (χ2n) is 10.9. The maximum atomic E-state index is 12.3. The molecule has 0 aliphatic carbocycles. The Morgan fingerprint density at radius 2 is 1.64 bits per heavy atom. The summed E-state index contributed by atoms with van der Waals surface area (Å²) in [5, 5.41) is 43.9. The highest BCUT2D eigenvalue weighted by Crippen LogP contribution is 2.56. The highest BCUT2D eigenvalue weighted by Gasteiger charge is 2.51. The van der Waals surface area contributed by atoms with Crippen LogP contribution in [0.2, 0.25) is 0 Å². The first kappa shape index (κ1) is 31.1. The van der Waals surface area contributed by atoms with Gasteiger partial charge in [0.2, 0.25) is 0 Å². The van der Waals surface area contributed by atoms with Gasteiger partial charge in [0.05, 0.1) is 17.6 Å². The Morgan fingerprint density at radius 1 is 1.00 bits per heavy atom. The molecular weight excluding hydrogens is 514 g/mol. The number of phenols is 1. The van der Waals surface area contributed by atoms with Crippen LogP contribution in [0.15, 0.2) is 41.3 Å². The number of carboxylic acids is 1. The fourth-order valence-electron chi connectivity index (χ4n) is 5.50. The molecule has 2 aromatic carbocycles. The van der Waals surface area contributed by atoms with E-state index >= 15 is 0 Å². The first-order valence-electron chi connectivity index (χ1n) is 14.2. The van der Waals surface area contributed by atoms with Crippen LogP contribution in [0.25, 0.3) is 0 Å². The zero-order valence-corrected chi connectivity index (χ0v) is 24.5. The van der Waals surface area contributed by atoms with Gasteiger partial charge in [-0.05, 0) is 55.0 Å². The standard InChI is InChI=1S/C31H45NO6S/c1-5-7-16-31(17-8-6-2)29(36)27(21-12-14-23(15-13-21)38-18-10-9-11-26(34)35)24-19-22(32(3)4)20-25(33)28(24)39-30(31)37/h12-15,19-20,27,29-30,33,36-37H,5-11,16-18H2,1-4H3,(H,34,35)/t27-,29-,30+/m1/s1. The number of anilines is 1. The third-order valence-corrected chi connectivity index (χ3v) is 9.22. The van der Waals surface area contributed by atoms with Gasteiger partial charge in [-0.15, -0.1) is 0 Å². The van der Waals surface area contributed by atoms with Crippen LogP contribution in [0.5, 0.6) is 11.5 Å². The maximum Gasteiger partial charge on any atom is 0.303 e. The van der Waals surface area contributed by atoms with Crippen molar-refractivity contribution in [2.24, 2.45) is 5.41 Å². The molecule has 7 nitrogen and oxygen atoms in total. The van der Waals surface area contributed by atoms with Crippen LogP contribution in [0, 0.1) is 5.41 Å². The average molecular weight is 560 g/mol. The molecule has 4 N–H and O–H groups in total. The second kappa shape index (κ2) is 14.3. The molecule has 1 aliphatic heterocycles. The summed E-state index contributed by atoms with van der Waals surface area (Å²) in [6, 6.07) is 11.4. The molecule has 39 heavy (non-hydrogen) atoms. The average Bonchev–Trinajstić information content (AvgIpc) is 2.99. The third-order valence-electron chi connectivity index (χ3n) is 7.84. The summed E-state index contributed by atoms with van der Waals surface area (Å²) in [6.45, 7) is 4.68. The number of aliphatic hydroxyl groups is 2.